The first-order chi connectivity index (χ1) is 13.2. The topological polar surface area (TPSA) is 105 Å². The number of benzene rings is 2. The van der Waals surface area contributed by atoms with Crippen molar-refractivity contribution in [2.24, 2.45) is 5.73 Å². The molecule has 0 radical (unpaired) electrons. The van der Waals surface area contributed by atoms with E-state index in [1.165, 1.54) is 6.33 Å². The summed E-state index contributed by atoms with van der Waals surface area (Å²) in [5.41, 5.74) is 8.92. The van der Waals surface area contributed by atoms with Crippen LogP contribution in [-0.4, -0.2) is 36.0 Å². The molecule has 7 nitrogen and oxygen atoms in total. The Morgan fingerprint density at radius 2 is 1.89 bits per heavy atom. The number of rotatable bonds is 8. The van der Waals surface area contributed by atoms with Crippen molar-refractivity contribution in [3.05, 3.63) is 59.9 Å². The Morgan fingerprint density at radius 3 is 2.63 bits per heavy atom. The van der Waals surface area contributed by atoms with Crippen molar-refractivity contribution in [3.8, 4) is 0 Å². The summed E-state index contributed by atoms with van der Waals surface area (Å²) in [5.74, 6) is 0.597. The van der Waals surface area contributed by atoms with E-state index in [9.17, 15) is 4.79 Å². The Bertz CT molecular complexity index is 910. The number of carbonyl (C=O) groups is 1. The van der Waals surface area contributed by atoms with E-state index in [1.807, 2.05) is 37.4 Å². The molecule has 27 heavy (non-hydrogen) atoms. The molecule has 0 unspecified atom stereocenters. The van der Waals surface area contributed by atoms with Gasteiger partial charge in [-0.25, -0.2) is 9.97 Å². The van der Waals surface area contributed by atoms with Gasteiger partial charge in [0.25, 0.3) is 5.91 Å². The van der Waals surface area contributed by atoms with Crippen LogP contribution >= 0.6 is 0 Å². The van der Waals surface area contributed by atoms with E-state index in [-0.39, 0.29) is 5.91 Å². The minimum Gasteiger partial charge on any atom is -0.352 e. The molecule has 2 aromatic carbocycles. The minimum absolute atomic E-state index is 0.0986. The molecular weight excluding hydrogens is 340 g/mol. The Kier molecular flexibility index (Phi) is 6.30. The van der Waals surface area contributed by atoms with Crippen LogP contribution in [0.2, 0.25) is 0 Å². The second kappa shape index (κ2) is 9.07. The van der Waals surface area contributed by atoms with E-state index < -0.39 is 0 Å². The zero-order valence-corrected chi connectivity index (χ0v) is 15.3. The molecule has 0 aliphatic heterocycles. The van der Waals surface area contributed by atoms with Crippen molar-refractivity contribution in [1.29, 1.82) is 0 Å². The van der Waals surface area contributed by atoms with Gasteiger partial charge in [0.15, 0.2) is 0 Å². The maximum absolute atomic E-state index is 12.3. The van der Waals surface area contributed by atoms with Gasteiger partial charge in [0.1, 0.15) is 12.1 Å². The second-order valence-electron chi connectivity index (χ2n) is 6.19. The summed E-state index contributed by atoms with van der Waals surface area (Å²) in [6.07, 6.45) is 2.38. The highest BCUT2D eigenvalue weighted by Crippen LogP contribution is 2.24. The van der Waals surface area contributed by atoms with Gasteiger partial charge < -0.3 is 21.7 Å². The summed E-state index contributed by atoms with van der Waals surface area (Å²) in [4.78, 5) is 20.9. The first-order valence-electron chi connectivity index (χ1n) is 8.95. The summed E-state index contributed by atoms with van der Waals surface area (Å²) < 4.78 is 0. The van der Waals surface area contributed by atoms with Crippen LogP contribution in [0.3, 0.4) is 0 Å². The van der Waals surface area contributed by atoms with Crippen molar-refractivity contribution in [2.45, 2.75) is 13.0 Å². The standard InChI is InChI=1S/C20H24N6O/c1-22-9-2-10-23-20(27)15-5-8-17-18(11-15)24-13-25-19(17)26-16-6-3-14(12-21)4-7-16/h3-8,11,13,22H,2,9-10,12,21H2,1H3,(H,23,27)(H,24,25,26). The molecular formula is C20H24N6O. The molecule has 0 atom stereocenters. The van der Waals surface area contributed by atoms with Gasteiger partial charge in [-0.3, -0.25) is 4.79 Å². The molecule has 0 aliphatic rings. The van der Waals surface area contributed by atoms with Crippen molar-refractivity contribution >= 4 is 28.3 Å². The van der Waals surface area contributed by atoms with Crippen LogP contribution in [0.25, 0.3) is 10.9 Å². The van der Waals surface area contributed by atoms with Crippen LogP contribution in [0, 0.1) is 0 Å². The predicted molar refractivity (Wildman–Crippen MR) is 108 cm³/mol. The lowest BCUT2D eigenvalue weighted by Crippen LogP contribution is -2.26. The number of nitrogens with two attached hydrogens (primary N) is 1. The lowest BCUT2D eigenvalue weighted by molar-refractivity contribution is 0.0953. The number of carbonyl (C=O) groups excluding carboxylic acids is 1. The molecule has 1 aromatic heterocycles. The third kappa shape index (κ3) is 4.78. The van der Waals surface area contributed by atoms with Gasteiger partial charge in [0.2, 0.25) is 0 Å². The molecule has 3 rings (SSSR count). The molecule has 7 heteroatoms. The van der Waals surface area contributed by atoms with Crippen molar-refractivity contribution in [3.63, 3.8) is 0 Å². The van der Waals surface area contributed by atoms with Gasteiger partial charge in [-0.05, 0) is 55.9 Å². The molecule has 3 aromatic rings. The molecule has 1 heterocycles. The van der Waals surface area contributed by atoms with E-state index >= 15 is 0 Å². The van der Waals surface area contributed by atoms with E-state index in [1.54, 1.807) is 12.1 Å². The van der Waals surface area contributed by atoms with Crippen LogP contribution in [0.4, 0.5) is 11.5 Å². The number of anilines is 2. The van der Waals surface area contributed by atoms with E-state index in [0.29, 0.717) is 30.0 Å². The van der Waals surface area contributed by atoms with Crippen LogP contribution in [0.1, 0.15) is 22.3 Å². The lowest BCUT2D eigenvalue weighted by Gasteiger charge is -2.10. The molecule has 0 fully saturated rings. The maximum atomic E-state index is 12.3. The SMILES string of the molecule is CNCCCNC(=O)c1ccc2c(Nc3ccc(CN)cc3)ncnc2c1. The number of hydrogen-bond donors (Lipinski definition) is 4. The summed E-state index contributed by atoms with van der Waals surface area (Å²) in [7, 11) is 1.89. The highest BCUT2D eigenvalue weighted by molar-refractivity contribution is 6.00. The molecule has 0 spiro atoms. The van der Waals surface area contributed by atoms with Crippen molar-refractivity contribution in [2.75, 3.05) is 25.5 Å². The summed E-state index contributed by atoms with van der Waals surface area (Å²) in [5, 5.41) is 10.1. The molecule has 0 saturated carbocycles. The first kappa shape index (κ1) is 18.8. The Hall–Kier alpha value is -3.03. The molecule has 1 amide bonds. The number of amides is 1. The Balaban J connectivity index is 1.77. The predicted octanol–water partition coefficient (Wildman–Crippen LogP) is 2.17. The van der Waals surface area contributed by atoms with E-state index in [2.05, 4.69) is 25.9 Å². The highest BCUT2D eigenvalue weighted by atomic mass is 16.1. The van der Waals surface area contributed by atoms with Crippen molar-refractivity contribution in [1.82, 2.24) is 20.6 Å². The summed E-state index contributed by atoms with van der Waals surface area (Å²) >= 11 is 0. The monoisotopic (exact) mass is 364 g/mol. The third-order valence-corrected chi connectivity index (χ3v) is 4.24. The van der Waals surface area contributed by atoms with Crippen LogP contribution in [-0.2, 0) is 6.54 Å². The van der Waals surface area contributed by atoms with Crippen LogP contribution in [0.5, 0.6) is 0 Å². The van der Waals surface area contributed by atoms with Gasteiger partial charge in [0, 0.05) is 29.7 Å². The normalized spacial score (nSPS) is 10.7. The second-order valence-corrected chi connectivity index (χ2v) is 6.19. The summed E-state index contributed by atoms with van der Waals surface area (Å²) in [6, 6.07) is 13.3. The minimum atomic E-state index is -0.0986. The van der Waals surface area contributed by atoms with Gasteiger partial charge >= 0.3 is 0 Å². The highest BCUT2D eigenvalue weighted by Gasteiger charge is 2.09. The maximum Gasteiger partial charge on any atom is 0.251 e. The largest absolute Gasteiger partial charge is 0.352 e. The average molecular weight is 364 g/mol. The summed E-state index contributed by atoms with van der Waals surface area (Å²) in [6.45, 7) is 2.01. The third-order valence-electron chi connectivity index (χ3n) is 4.24. The zero-order valence-electron chi connectivity index (χ0n) is 15.3. The van der Waals surface area contributed by atoms with Gasteiger partial charge in [-0.15, -0.1) is 0 Å². The first-order valence-corrected chi connectivity index (χ1v) is 8.95. The van der Waals surface area contributed by atoms with Gasteiger partial charge in [0.05, 0.1) is 5.52 Å². The number of aromatic nitrogens is 2. The fourth-order valence-corrected chi connectivity index (χ4v) is 2.73. The fourth-order valence-electron chi connectivity index (χ4n) is 2.73. The lowest BCUT2D eigenvalue weighted by atomic mass is 10.1. The van der Waals surface area contributed by atoms with Crippen LogP contribution in [0.15, 0.2) is 48.8 Å². The quantitative estimate of drug-likeness (QED) is 0.457. The molecule has 0 bridgehead atoms. The molecule has 5 N–H and O–H groups in total. The van der Waals surface area contributed by atoms with Crippen molar-refractivity contribution < 1.29 is 4.79 Å². The van der Waals surface area contributed by atoms with Gasteiger partial charge in [-0.1, -0.05) is 12.1 Å². The number of hydrogen-bond acceptors (Lipinski definition) is 6. The smallest absolute Gasteiger partial charge is 0.251 e. The molecule has 0 aliphatic carbocycles. The number of fused-ring (bicyclic) bond motifs is 1. The zero-order chi connectivity index (χ0) is 19.1. The Labute approximate surface area is 158 Å². The number of nitrogens with one attached hydrogen (secondary N) is 3. The molecule has 0 saturated heterocycles. The fraction of sp³-hybridized carbons (Fsp3) is 0.250. The Morgan fingerprint density at radius 1 is 1.07 bits per heavy atom. The van der Waals surface area contributed by atoms with E-state index in [0.717, 1.165) is 29.6 Å². The van der Waals surface area contributed by atoms with Crippen LogP contribution < -0.4 is 21.7 Å². The number of nitrogens with zero attached hydrogens (tertiary/aromatic N) is 2. The average Bonchev–Trinajstić information content (AvgIpc) is 2.71. The molecule has 140 valence electrons. The van der Waals surface area contributed by atoms with E-state index in [4.69, 9.17) is 5.73 Å². The van der Waals surface area contributed by atoms with Gasteiger partial charge in [-0.2, -0.15) is 0 Å².